The van der Waals surface area contributed by atoms with E-state index in [1.807, 2.05) is 0 Å². The quantitative estimate of drug-likeness (QED) is 0.636. The number of likely N-dealkylation sites (N-methyl/N-ethyl adjacent to an activating group) is 1. The Morgan fingerprint density at radius 2 is 2.58 bits per heavy atom. The fraction of sp³-hybridized carbons (Fsp3) is 0.714. The molecule has 68 valence electrons. The molecule has 1 saturated heterocycles. The lowest BCUT2D eigenvalue weighted by Crippen LogP contribution is -2.31. The van der Waals surface area contributed by atoms with Crippen molar-refractivity contribution in [2.75, 3.05) is 20.1 Å². The summed E-state index contributed by atoms with van der Waals surface area (Å²) < 4.78 is 4.99. The molecule has 12 heavy (non-hydrogen) atoms. The molecule has 1 amide bonds. The number of thiocarbonyl (C=S) groups is 1. The van der Waals surface area contributed by atoms with Gasteiger partial charge in [0.15, 0.2) is 0 Å². The van der Waals surface area contributed by atoms with E-state index in [-0.39, 0.29) is 12.2 Å². The molecule has 0 aromatic carbocycles. The standard InChI is InChI=1S/C7H12N2O2S/c1-5(12)8-3-6-4-9(2)7(10)11-6/h6H,3-4H2,1-2H3,(H,8,12). The van der Waals surface area contributed by atoms with Crippen LogP contribution in [0.5, 0.6) is 0 Å². The Kier molecular flexibility index (Phi) is 2.86. The predicted molar refractivity (Wildman–Crippen MR) is 49.2 cm³/mol. The number of rotatable bonds is 2. The minimum absolute atomic E-state index is 0.0691. The Morgan fingerprint density at radius 3 is 3.00 bits per heavy atom. The van der Waals surface area contributed by atoms with Crippen LogP contribution in [0, 0.1) is 0 Å². The molecule has 1 fully saturated rings. The highest BCUT2D eigenvalue weighted by Gasteiger charge is 2.27. The first-order valence-corrected chi connectivity index (χ1v) is 4.16. The third-order valence-electron chi connectivity index (χ3n) is 1.64. The Morgan fingerprint density at radius 1 is 1.92 bits per heavy atom. The summed E-state index contributed by atoms with van der Waals surface area (Å²) in [4.78, 5) is 13.1. The number of carbonyl (C=O) groups excluding carboxylic acids is 1. The van der Waals surface area contributed by atoms with Crippen LogP contribution in [0.1, 0.15) is 6.92 Å². The smallest absolute Gasteiger partial charge is 0.410 e. The van der Waals surface area contributed by atoms with Gasteiger partial charge in [0.05, 0.1) is 18.1 Å². The number of ether oxygens (including phenoxy) is 1. The fourth-order valence-electron chi connectivity index (χ4n) is 1.01. The number of hydrogen-bond donors (Lipinski definition) is 1. The molecule has 0 aliphatic carbocycles. The summed E-state index contributed by atoms with van der Waals surface area (Å²) >= 11 is 4.82. The number of nitrogens with one attached hydrogen (secondary N) is 1. The molecule has 0 radical (unpaired) electrons. The lowest BCUT2D eigenvalue weighted by Gasteiger charge is -2.08. The molecule has 0 aromatic heterocycles. The zero-order valence-corrected chi connectivity index (χ0v) is 7.98. The lowest BCUT2D eigenvalue weighted by atomic mass is 10.3. The second-order valence-corrected chi connectivity index (χ2v) is 3.44. The summed E-state index contributed by atoms with van der Waals surface area (Å²) in [6.45, 7) is 3.04. The van der Waals surface area contributed by atoms with Gasteiger partial charge in [0.25, 0.3) is 0 Å². The van der Waals surface area contributed by atoms with Gasteiger partial charge in [-0.25, -0.2) is 4.79 Å². The maximum absolute atomic E-state index is 10.9. The van der Waals surface area contributed by atoms with Gasteiger partial charge in [-0.3, -0.25) is 0 Å². The van der Waals surface area contributed by atoms with E-state index < -0.39 is 0 Å². The number of amides is 1. The second-order valence-electron chi connectivity index (χ2n) is 2.82. The average molecular weight is 188 g/mol. The summed E-state index contributed by atoms with van der Waals surface area (Å²) in [5.41, 5.74) is 0. The first kappa shape index (κ1) is 9.25. The van der Waals surface area contributed by atoms with E-state index in [0.29, 0.717) is 13.1 Å². The molecular weight excluding hydrogens is 176 g/mol. The van der Waals surface area contributed by atoms with Gasteiger partial charge in [0.1, 0.15) is 6.10 Å². The molecule has 4 nitrogen and oxygen atoms in total. The summed E-state index contributed by atoms with van der Waals surface area (Å²) in [5, 5.41) is 2.96. The van der Waals surface area contributed by atoms with Gasteiger partial charge in [0.2, 0.25) is 0 Å². The van der Waals surface area contributed by atoms with Crippen molar-refractivity contribution in [2.45, 2.75) is 13.0 Å². The Labute approximate surface area is 76.9 Å². The van der Waals surface area contributed by atoms with Crippen LogP contribution >= 0.6 is 12.2 Å². The number of carbonyl (C=O) groups is 1. The molecular formula is C7H12N2O2S. The van der Waals surface area contributed by atoms with Gasteiger partial charge in [-0.1, -0.05) is 12.2 Å². The van der Waals surface area contributed by atoms with Gasteiger partial charge < -0.3 is 15.0 Å². The predicted octanol–water partition coefficient (Wildman–Crippen LogP) is 0.374. The normalized spacial score (nSPS) is 22.3. The summed E-state index contributed by atoms with van der Waals surface area (Å²) in [6, 6.07) is 0. The third kappa shape index (κ3) is 2.34. The van der Waals surface area contributed by atoms with E-state index in [1.54, 1.807) is 18.9 Å². The van der Waals surface area contributed by atoms with Crippen molar-refractivity contribution < 1.29 is 9.53 Å². The largest absolute Gasteiger partial charge is 0.442 e. The van der Waals surface area contributed by atoms with E-state index in [2.05, 4.69) is 5.32 Å². The summed E-state index contributed by atoms with van der Waals surface area (Å²) in [5.74, 6) is 0. The van der Waals surface area contributed by atoms with Crippen LogP contribution in [0.3, 0.4) is 0 Å². The molecule has 1 heterocycles. The third-order valence-corrected chi connectivity index (χ3v) is 1.78. The van der Waals surface area contributed by atoms with Crippen LogP contribution in [0.25, 0.3) is 0 Å². The van der Waals surface area contributed by atoms with Crippen LogP contribution in [0.2, 0.25) is 0 Å². The molecule has 0 spiro atoms. The molecule has 1 rings (SSSR count). The minimum Gasteiger partial charge on any atom is -0.442 e. The highest BCUT2D eigenvalue weighted by Crippen LogP contribution is 2.07. The average Bonchev–Trinajstić information content (AvgIpc) is 2.28. The lowest BCUT2D eigenvalue weighted by molar-refractivity contribution is 0.135. The first-order valence-electron chi connectivity index (χ1n) is 3.76. The van der Waals surface area contributed by atoms with Crippen LogP contribution in [0.15, 0.2) is 0 Å². The highest BCUT2D eigenvalue weighted by atomic mass is 32.1. The molecule has 1 aliphatic heterocycles. The SMILES string of the molecule is CC(=S)NCC1CN(C)C(=O)O1. The van der Waals surface area contributed by atoms with Crippen molar-refractivity contribution in [3.8, 4) is 0 Å². The molecule has 1 atom stereocenters. The fourth-order valence-corrected chi connectivity index (χ4v) is 1.10. The zero-order valence-electron chi connectivity index (χ0n) is 7.16. The van der Waals surface area contributed by atoms with Gasteiger partial charge in [0, 0.05) is 7.05 Å². The summed E-state index contributed by atoms with van der Waals surface area (Å²) in [7, 11) is 1.71. The van der Waals surface area contributed by atoms with Crippen molar-refractivity contribution in [1.82, 2.24) is 10.2 Å². The molecule has 5 heteroatoms. The molecule has 0 saturated carbocycles. The molecule has 1 aliphatic rings. The first-order chi connectivity index (χ1) is 5.59. The van der Waals surface area contributed by atoms with E-state index in [0.717, 1.165) is 4.99 Å². The van der Waals surface area contributed by atoms with Gasteiger partial charge >= 0.3 is 6.09 Å². The van der Waals surface area contributed by atoms with Crippen molar-refractivity contribution >= 4 is 23.3 Å². The van der Waals surface area contributed by atoms with E-state index >= 15 is 0 Å². The minimum atomic E-state index is -0.260. The Balaban J connectivity index is 2.28. The summed E-state index contributed by atoms with van der Waals surface area (Å²) in [6.07, 6.45) is -0.329. The van der Waals surface area contributed by atoms with Gasteiger partial charge in [-0.15, -0.1) is 0 Å². The van der Waals surface area contributed by atoms with Crippen LogP contribution in [-0.4, -0.2) is 42.2 Å². The monoisotopic (exact) mass is 188 g/mol. The van der Waals surface area contributed by atoms with E-state index in [4.69, 9.17) is 17.0 Å². The van der Waals surface area contributed by atoms with Crippen molar-refractivity contribution in [1.29, 1.82) is 0 Å². The molecule has 0 aromatic rings. The maximum atomic E-state index is 10.9. The second kappa shape index (κ2) is 3.71. The number of cyclic esters (lactones) is 1. The zero-order chi connectivity index (χ0) is 9.14. The number of nitrogens with zero attached hydrogens (tertiary/aromatic N) is 1. The topological polar surface area (TPSA) is 41.6 Å². The molecule has 1 N–H and O–H groups in total. The van der Waals surface area contributed by atoms with Crippen molar-refractivity contribution in [3.63, 3.8) is 0 Å². The maximum Gasteiger partial charge on any atom is 0.410 e. The van der Waals surface area contributed by atoms with Crippen molar-refractivity contribution in [2.24, 2.45) is 0 Å². The Hall–Kier alpha value is -0.840. The Bertz CT molecular complexity index is 208. The van der Waals surface area contributed by atoms with Crippen LogP contribution < -0.4 is 5.32 Å². The van der Waals surface area contributed by atoms with E-state index in [9.17, 15) is 4.79 Å². The van der Waals surface area contributed by atoms with Crippen molar-refractivity contribution in [3.05, 3.63) is 0 Å². The molecule has 1 unspecified atom stereocenters. The van der Waals surface area contributed by atoms with Gasteiger partial charge in [-0.05, 0) is 6.92 Å². The van der Waals surface area contributed by atoms with E-state index in [1.165, 1.54) is 0 Å². The highest BCUT2D eigenvalue weighted by molar-refractivity contribution is 7.80. The van der Waals surface area contributed by atoms with Gasteiger partial charge in [-0.2, -0.15) is 0 Å². The molecule has 0 bridgehead atoms. The number of hydrogen-bond acceptors (Lipinski definition) is 3. The van der Waals surface area contributed by atoms with Crippen LogP contribution in [-0.2, 0) is 4.74 Å². The van der Waals surface area contributed by atoms with Crippen LogP contribution in [0.4, 0.5) is 4.79 Å².